The summed E-state index contributed by atoms with van der Waals surface area (Å²) in [5, 5.41) is 6.06. The lowest BCUT2D eigenvalue weighted by atomic mass is 10.1. The lowest BCUT2D eigenvalue weighted by Gasteiger charge is -2.02. The van der Waals surface area contributed by atoms with Gasteiger partial charge in [-0.05, 0) is 36.1 Å². The van der Waals surface area contributed by atoms with E-state index in [4.69, 9.17) is 10.3 Å². The SMILES string of the molecule is Cc1c(N)cccc1-c1nc(Cc2cccs2)no1. The molecule has 0 unspecified atom stereocenters. The molecule has 0 aliphatic heterocycles. The third-order valence-electron chi connectivity index (χ3n) is 2.99. The van der Waals surface area contributed by atoms with Gasteiger partial charge in [0, 0.05) is 22.5 Å². The Bertz CT molecular complexity index is 689. The maximum atomic E-state index is 5.89. The molecule has 0 fully saturated rings. The first-order chi connectivity index (χ1) is 9.24. The molecule has 0 bridgehead atoms. The Morgan fingerprint density at radius 1 is 1.26 bits per heavy atom. The summed E-state index contributed by atoms with van der Waals surface area (Å²) >= 11 is 1.69. The molecule has 1 aromatic carbocycles. The molecule has 96 valence electrons. The van der Waals surface area contributed by atoms with Gasteiger partial charge in [0.05, 0.1) is 0 Å². The highest BCUT2D eigenvalue weighted by Crippen LogP contribution is 2.26. The second-order valence-corrected chi connectivity index (χ2v) is 5.32. The molecule has 0 aliphatic carbocycles. The topological polar surface area (TPSA) is 64.9 Å². The number of rotatable bonds is 3. The van der Waals surface area contributed by atoms with Crippen LogP contribution in [0.5, 0.6) is 0 Å². The number of anilines is 1. The van der Waals surface area contributed by atoms with Gasteiger partial charge in [0.2, 0.25) is 0 Å². The number of hydrogen-bond donors (Lipinski definition) is 1. The normalized spacial score (nSPS) is 10.8. The van der Waals surface area contributed by atoms with Crippen molar-refractivity contribution in [2.75, 3.05) is 5.73 Å². The fourth-order valence-corrected chi connectivity index (χ4v) is 2.59. The van der Waals surface area contributed by atoms with Crippen LogP contribution >= 0.6 is 11.3 Å². The molecule has 0 radical (unpaired) electrons. The Balaban J connectivity index is 1.91. The third kappa shape index (κ3) is 2.37. The second-order valence-electron chi connectivity index (χ2n) is 4.29. The van der Waals surface area contributed by atoms with Crippen LogP contribution in [0.4, 0.5) is 5.69 Å². The molecular weight excluding hydrogens is 258 g/mol. The monoisotopic (exact) mass is 271 g/mol. The summed E-state index contributed by atoms with van der Waals surface area (Å²) in [6, 6.07) is 9.77. The summed E-state index contributed by atoms with van der Waals surface area (Å²) in [5.74, 6) is 1.22. The van der Waals surface area contributed by atoms with E-state index in [9.17, 15) is 0 Å². The minimum absolute atomic E-state index is 0.524. The van der Waals surface area contributed by atoms with Gasteiger partial charge in [0.25, 0.3) is 5.89 Å². The first-order valence-corrected chi connectivity index (χ1v) is 6.82. The van der Waals surface area contributed by atoms with Crippen molar-refractivity contribution in [3.63, 3.8) is 0 Å². The Morgan fingerprint density at radius 2 is 2.16 bits per heavy atom. The molecule has 19 heavy (non-hydrogen) atoms. The summed E-state index contributed by atoms with van der Waals surface area (Å²) in [4.78, 5) is 5.65. The Morgan fingerprint density at radius 3 is 2.95 bits per heavy atom. The quantitative estimate of drug-likeness (QED) is 0.742. The number of aromatic nitrogens is 2. The van der Waals surface area contributed by atoms with E-state index in [0.717, 1.165) is 16.8 Å². The lowest BCUT2D eigenvalue weighted by Crippen LogP contribution is -1.92. The van der Waals surface area contributed by atoms with Crippen LogP contribution in [0.15, 0.2) is 40.2 Å². The van der Waals surface area contributed by atoms with Crippen LogP contribution in [0.3, 0.4) is 0 Å². The van der Waals surface area contributed by atoms with Crippen molar-refractivity contribution in [2.24, 2.45) is 0 Å². The summed E-state index contributed by atoms with van der Waals surface area (Å²) < 4.78 is 5.32. The van der Waals surface area contributed by atoms with Crippen LogP contribution in [-0.2, 0) is 6.42 Å². The Labute approximate surface area is 114 Å². The van der Waals surface area contributed by atoms with Gasteiger partial charge in [-0.2, -0.15) is 4.98 Å². The van der Waals surface area contributed by atoms with Gasteiger partial charge >= 0.3 is 0 Å². The summed E-state index contributed by atoms with van der Waals surface area (Å²) in [6.07, 6.45) is 0.697. The van der Waals surface area contributed by atoms with Gasteiger partial charge in [-0.3, -0.25) is 0 Å². The zero-order chi connectivity index (χ0) is 13.2. The number of thiophene rings is 1. The molecule has 4 nitrogen and oxygen atoms in total. The number of nitrogens with zero attached hydrogens (tertiary/aromatic N) is 2. The molecule has 0 saturated carbocycles. The van der Waals surface area contributed by atoms with Gasteiger partial charge in [-0.15, -0.1) is 11.3 Å². The first-order valence-electron chi connectivity index (χ1n) is 5.94. The van der Waals surface area contributed by atoms with Crippen molar-refractivity contribution >= 4 is 17.0 Å². The minimum atomic E-state index is 0.524. The first kappa shape index (κ1) is 11.9. The van der Waals surface area contributed by atoms with E-state index in [2.05, 4.69) is 16.2 Å². The Kier molecular flexibility index (Phi) is 3.05. The molecule has 2 heterocycles. The highest BCUT2D eigenvalue weighted by atomic mass is 32.1. The predicted molar refractivity (Wildman–Crippen MR) is 76.0 cm³/mol. The van der Waals surface area contributed by atoms with Crippen LogP contribution in [0.25, 0.3) is 11.5 Å². The molecular formula is C14H13N3OS. The van der Waals surface area contributed by atoms with Gasteiger partial charge < -0.3 is 10.3 Å². The second kappa shape index (κ2) is 4.85. The van der Waals surface area contributed by atoms with E-state index >= 15 is 0 Å². The van der Waals surface area contributed by atoms with Crippen LogP contribution in [0.2, 0.25) is 0 Å². The zero-order valence-electron chi connectivity index (χ0n) is 10.5. The van der Waals surface area contributed by atoms with Crippen LogP contribution < -0.4 is 5.73 Å². The summed E-state index contributed by atoms with van der Waals surface area (Å²) in [5.41, 5.74) is 8.48. The molecule has 0 spiro atoms. The molecule has 2 aromatic heterocycles. The van der Waals surface area contributed by atoms with E-state index in [1.54, 1.807) is 11.3 Å². The molecule has 2 N–H and O–H groups in total. The Hall–Kier alpha value is -2.14. The molecule has 0 atom stereocenters. The number of hydrogen-bond acceptors (Lipinski definition) is 5. The summed E-state index contributed by atoms with van der Waals surface area (Å²) in [6.45, 7) is 1.95. The average Bonchev–Trinajstić information content (AvgIpc) is 3.05. The van der Waals surface area contributed by atoms with Gasteiger partial charge in [0.15, 0.2) is 5.82 Å². The van der Waals surface area contributed by atoms with E-state index < -0.39 is 0 Å². The smallest absolute Gasteiger partial charge is 0.258 e. The van der Waals surface area contributed by atoms with Crippen molar-refractivity contribution in [3.05, 3.63) is 52.0 Å². The van der Waals surface area contributed by atoms with Gasteiger partial charge in [-0.25, -0.2) is 0 Å². The fraction of sp³-hybridized carbons (Fsp3) is 0.143. The molecule has 3 rings (SSSR count). The number of nitrogen functional groups attached to an aromatic ring is 1. The molecule has 5 heteroatoms. The van der Waals surface area contributed by atoms with Crippen molar-refractivity contribution < 1.29 is 4.52 Å². The van der Waals surface area contributed by atoms with E-state index in [1.807, 2.05) is 36.6 Å². The molecule has 0 aliphatic rings. The van der Waals surface area contributed by atoms with Gasteiger partial charge in [-0.1, -0.05) is 17.3 Å². The minimum Gasteiger partial charge on any atom is -0.398 e. The number of nitrogens with two attached hydrogens (primary N) is 1. The summed E-state index contributed by atoms with van der Waals surface area (Å²) in [7, 11) is 0. The van der Waals surface area contributed by atoms with Crippen molar-refractivity contribution in [1.29, 1.82) is 0 Å². The van der Waals surface area contributed by atoms with Gasteiger partial charge in [0.1, 0.15) is 0 Å². The lowest BCUT2D eigenvalue weighted by molar-refractivity contribution is 0.424. The number of benzene rings is 1. The van der Waals surface area contributed by atoms with E-state index in [-0.39, 0.29) is 0 Å². The van der Waals surface area contributed by atoms with Crippen LogP contribution in [-0.4, -0.2) is 10.1 Å². The van der Waals surface area contributed by atoms with E-state index in [0.29, 0.717) is 18.1 Å². The zero-order valence-corrected chi connectivity index (χ0v) is 11.3. The van der Waals surface area contributed by atoms with Crippen LogP contribution in [0.1, 0.15) is 16.3 Å². The molecule has 0 amide bonds. The van der Waals surface area contributed by atoms with Crippen LogP contribution in [0, 0.1) is 6.92 Å². The molecule has 0 saturated heterocycles. The maximum Gasteiger partial charge on any atom is 0.258 e. The predicted octanol–water partition coefficient (Wildman–Crippen LogP) is 3.28. The third-order valence-corrected chi connectivity index (χ3v) is 3.86. The van der Waals surface area contributed by atoms with E-state index in [1.165, 1.54) is 4.88 Å². The standard InChI is InChI=1S/C14H13N3OS/c1-9-11(5-2-6-12(9)15)14-16-13(17-18-14)8-10-4-3-7-19-10/h2-7H,8,15H2,1H3. The molecule has 3 aromatic rings. The van der Waals surface area contributed by atoms with Crippen molar-refractivity contribution in [3.8, 4) is 11.5 Å². The van der Waals surface area contributed by atoms with Crippen molar-refractivity contribution in [2.45, 2.75) is 13.3 Å². The highest BCUT2D eigenvalue weighted by molar-refractivity contribution is 7.09. The highest BCUT2D eigenvalue weighted by Gasteiger charge is 2.12. The average molecular weight is 271 g/mol. The largest absolute Gasteiger partial charge is 0.398 e. The van der Waals surface area contributed by atoms with Crippen molar-refractivity contribution in [1.82, 2.24) is 10.1 Å². The fourth-order valence-electron chi connectivity index (χ4n) is 1.89. The maximum absolute atomic E-state index is 5.89.